The number of urea groups is 1. The SMILES string of the molecule is C/C=C/C=N\NC(N)=O. The van der Waals surface area contributed by atoms with Gasteiger partial charge in [-0.15, -0.1) is 0 Å². The maximum absolute atomic E-state index is 9.94. The summed E-state index contributed by atoms with van der Waals surface area (Å²) in [5, 5.41) is 3.42. The second-order valence-corrected chi connectivity index (χ2v) is 1.28. The number of carbonyl (C=O) groups is 1. The molecular weight excluding hydrogens is 118 g/mol. The van der Waals surface area contributed by atoms with Crippen molar-refractivity contribution in [2.45, 2.75) is 6.92 Å². The van der Waals surface area contributed by atoms with Gasteiger partial charge in [-0.3, -0.25) is 0 Å². The summed E-state index contributed by atoms with van der Waals surface area (Å²) in [6.07, 6.45) is 4.90. The van der Waals surface area contributed by atoms with E-state index in [2.05, 4.69) is 10.8 Å². The van der Waals surface area contributed by atoms with Crippen molar-refractivity contribution in [1.29, 1.82) is 0 Å². The highest BCUT2D eigenvalue weighted by Crippen LogP contribution is 1.62. The Morgan fingerprint density at radius 3 is 2.89 bits per heavy atom. The zero-order valence-corrected chi connectivity index (χ0v) is 5.16. The Morgan fingerprint density at radius 2 is 2.44 bits per heavy atom. The summed E-state index contributed by atoms with van der Waals surface area (Å²) in [7, 11) is 0. The number of carbonyl (C=O) groups excluding carboxylic acids is 1. The van der Waals surface area contributed by atoms with Crippen molar-refractivity contribution in [1.82, 2.24) is 5.43 Å². The first-order chi connectivity index (χ1) is 4.27. The summed E-state index contributed by atoms with van der Waals surface area (Å²) in [5.41, 5.74) is 6.72. The summed E-state index contributed by atoms with van der Waals surface area (Å²) in [4.78, 5) is 9.94. The van der Waals surface area contributed by atoms with E-state index in [4.69, 9.17) is 0 Å². The molecule has 0 heterocycles. The molecule has 0 aromatic carbocycles. The first-order valence-electron chi connectivity index (χ1n) is 2.47. The molecule has 0 rings (SSSR count). The van der Waals surface area contributed by atoms with E-state index in [1.165, 1.54) is 6.21 Å². The lowest BCUT2D eigenvalue weighted by Crippen LogP contribution is -2.24. The van der Waals surface area contributed by atoms with Gasteiger partial charge < -0.3 is 5.73 Å². The van der Waals surface area contributed by atoms with Gasteiger partial charge in [-0.2, -0.15) is 5.10 Å². The first kappa shape index (κ1) is 7.68. The van der Waals surface area contributed by atoms with Crippen LogP contribution in [0, 0.1) is 0 Å². The van der Waals surface area contributed by atoms with Crippen LogP contribution in [0.1, 0.15) is 6.92 Å². The van der Waals surface area contributed by atoms with Gasteiger partial charge in [0, 0.05) is 6.21 Å². The average Bonchev–Trinajstić information content (AvgIpc) is 1.80. The van der Waals surface area contributed by atoms with Crippen molar-refractivity contribution < 1.29 is 4.79 Å². The smallest absolute Gasteiger partial charge is 0.332 e. The first-order valence-corrected chi connectivity index (χ1v) is 2.47. The van der Waals surface area contributed by atoms with Crippen LogP contribution in [-0.2, 0) is 0 Å². The zero-order valence-electron chi connectivity index (χ0n) is 5.16. The molecule has 50 valence electrons. The highest BCUT2D eigenvalue weighted by atomic mass is 16.2. The molecule has 0 aromatic heterocycles. The van der Waals surface area contributed by atoms with Gasteiger partial charge in [-0.25, -0.2) is 10.2 Å². The van der Waals surface area contributed by atoms with Crippen LogP contribution in [0.3, 0.4) is 0 Å². The van der Waals surface area contributed by atoms with Crippen LogP contribution in [0.25, 0.3) is 0 Å². The van der Waals surface area contributed by atoms with E-state index in [0.29, 0.717) is 0 Å². The summed E-state index contributed by atoms with van der Waals surface area (Å²) in [6, 6.07) is -0.657. The lowest BCUT2D eigenvalue weighted by molar-refractivity contribution is 0.249. The van der Waals surface area contributed by atoms with Crippen molar-refractivity contribution >= 4 is 12.2 Å². The minimum atomic E-state index is -0.657. The molecule has 0 aliphatic rings. The number of rotatable bonds is 2. The van der Waals surface area contributed by atoms with Crippen molar-refractivity contribution in [3.05, 3.63) is 12.2 Å². The van der Waals surface area contributed by atoms with Crippen LogP contribution < -0.4 is 11.2 Å². The van der Waals surface area contributed by atoms with E-state index in [1.54, 1.807) is 12.2 Å². The van der Waals surface area contributed by atoms with E-state index in [9.17, 15) is 4.79 Å². The molecule has 0 radical (unpaired) electrons. The minimum Gasteiger partial charge on any atom is -0.350 e. The second-order valence-electron chi connectivity index (χ2n) is 1.28. The predicted molar refractivity (Wildman–Crippen MR) is 36.0 cm³/mol. The lowest BCUT2D eigenvalue weighted by Gasteiger charge is -1.85. The summed E-state index contributed by atoms with van der Waals surface area (Å²) < 4.78 is 0. The molecule has 0 fully saturated rings. The number of amides is 2. The van der Waals surface area contributed by atoms with Gasteiger partial charge in [0.2, 0.25) is 0 Å². The van der Waals surface area contributed by atoms with E-state index in [0.717, 1.165) is 0 Å². The van der Waals surface area contributed by atoms with Gasteiger partial charge in [0.15, 0.2) is 0 Å². The third-order valence-electron chi connectivity index (χ3n) is 0.528. The highest BCUT2D eigenvalue weighted by Gasteiger charge is 1.79. The average molecular weight is 127 g/mol. The number of nitrogens with zero attached hydrogens (tertiary/aromatic N) is 1. The van der Waals surface area contributed by atoms with Crippen LogP contribution in [-0.4, -0.2) is 12.2 Å². The standard InChI is InChI=1S/C5H9N3O/c1-2-3-4-7-8-5(6)9/h2-4H,1H3,(H3,6,8,9)/b3-2+,7-4-. The topological polar surface area (TPSA) is 67.5 Å². The fraction of sp³-hybridized carbons (Fsp3) is 0.200. The van der Waals surface area contributed by atoms with Crippen LogP contribution in [0.15, 0.2) is 17.3 Å². The Balaban J connectivity index is 3.36. The molecule has 2 amide bonds. The molecule has 4 heteroatoms. The number of hydrogen-bond acceptors (Lipinski definition) is 2. The third-order valence-corrected chi connectivity index (χ3v) is 0.528. The van der Waals surface area contributed by atoms with Crippen molar-refractivity contribution in [3.63, 3.8) is 0 Å². The molecule has 0 saturated carbocycles. The van der Waals surface area contributed by atoms with Crippen molar-refractivity contribution in [3.8, 4) is 0 Å². The normalized spacial score (nSPS) is 10.8. The van der Waals surface area contributed by atoms with E-state index >= 15 is 0 Å². The van der Waals surface area contributed by atoms with Gasteiger partial charge in [0.25, 0.3) is 0 Å². The van der Waals surface area contributed by atoms with Crippen molar-refractivity contribution in [2.24, 2.45) is 10.8 Å². The van der Waals surface area contributed by atoms with Gasteiger partial charge in [-0.1, -0.05) is 6.08 Å². The molecule has 4 nitrogen and oxygen atoms in total. The molecule has 9 heavy (non-hydrogen) atoms. The molecule has 0 spiro atoms. The number of hydrazone groups is 1. The van der Waals surface area contributed by atoms with E-state index < -0.39 is 6.03 Å². The van der Waals surface area contributed by atoms with E-state index in [-0.39, 0.29) is 0 Å². The largest absolute Gasteiger partial charge is 0.350 e. The zero-order chi connectivity index (χ0) is 7.11. The molecule has 0 unspecified atom stereocenters. The molecule has 0 saturated heterocycles. The Kier molecular flexibility index (Phi) is 4.12. The number of allylic oxidation sites excluding steroid dienone is 2. The van der Waals surface area contributed by atoms with Crippen LogP contribution in [0.2, 0.25) is 0 Å². The summed E-state index contributed by atoms with van der Waals surface area (Å²) in [5.74, 6) is 0. The van der Waals surface area contributed by atoms with Gasteiger partial charge >= 0.3 is 6.03 Å². The van der Waals surface area contributed by atoms with Gasteiger partial charge in [0.05, 0.1) is 0 Å². The highest BCUT2D eigenvalue weighted by molar-refractivity contribution is 5.75. The van der Waals surface area contributed by atoms with Crippen LogP contribution in [0.4, 0.5) is 4.79 Å². The van der Waals surface area contributed by atoms with Crippen LogP contribution >= 0.6 is 0 Å². The van der Waals surface area contributed by atoms with Gasteiger partial charge in [0.1, 0.15) is 0 Å². The summed E-state index contributed by atoms with van der Waals surface area (Å²) >= 11 is 0. The quantitative estimate of drug-likeness (QED) is 0.404. The molecule has 0 atom stereocenters. The molecule has 0 aromatic rings. The Morgan fingerprint density at radius 1 is 1.78 bits per heavy atom. The number of nitrogens with one attached hydrogen (secondary N) is 1. The fourth-order valence-electron chi connectivity index (χ4n) is 0.230. The number of primary amides is 1. The monoisotopic (exact) mass is 127 g/mol. The fourth-order valence-corrected chi connectivity index (χ4v) is 0.230. The molecular formula is C5H9N3O. The summed E-state index contributed by atoms with van der Waals surface area (Å²) in [6.45, 7) is 1.84. The maximum Gasteiger partial charge on any atom is 0.332 e. The minimum absolute atomic E-state index is 0.657. The maximum atomic E-state index is 9.94. The van der Waals surface area contributed by atoms with Gasteiger partial charge in [-0.05, 0) is 13.0 Å². The molecule has 0 aliphatic carbocycles. The Bertz CT molecular complexity index is 139. The Labute approximate surface area is 53.4 Å². The molecule has 3 N–H and O–H groups in total. The lowest BCUT2D eigenvalue weighted by atomic mass is 10.6. The second kappa shape index (κ2) is 4.83. The van der Waals surface area contributed by atoms with E-state index in [1.807, 2.05) is 12.3 Å². The Hall–Kier alpha value is -1.32. The number of nitrogens with two attached hydrogens (primary N) is 1. The van der Waals surface area contributed by atoms with Crippen molar-refractivity contribution in [2.75, 3.05) is 0 Å². The third kappa shape index (κ3) is 6.68. The molecule has 0 bridgehead atoms. The van der Waals surface area contributed by atoms with Crippen LogP contribution in [0.5, 0.6) is 0 Å². The number of hydrogen-bond donors (Lipinski definition) is 2. The predicted octanol–water partition coefficient (Wildman–Crippen LogP) is 0.217. The molecule has 0 aliphatic heterocycles.